The van der Waals surface area contributed by atoms with E-state index in [1.807, 2.05) is 43.3 Å². The summed E-state index contributed by atoms with van der Waals surface area (Å²) in [5.74, 6) is 2.00. The molecule has 1 unspecified atom stereocenters. The first kappa shape index (κ1) is 23.5. The van der Waals surface area contributed by atoms with E-state index in [0.717, 1.165) is 39.0 Å². The van der Waals surface area contributed by atoms with E-state index in [0.29, 0.717) is 17.6 Å². The van der Waals surface area contributed by atoms with Crippen LogP contribution in [0, 0.1) is 27.7 Å². The minimum atomic E-state index is -0.680. The molecule has 0 saturated heterocycles. The van der Waals surface area contributed by atoms with Crippen molar-refractivity contribution in [3.63, 3.8) is 0 Å². The predicted octanol–water partition coefficient (Wildman–Crippen LogP) is 6.18. The van der Waals surface area contributed by atoms with Crippen LogP contribution in [0.15, 0.2) is 48.5 Å². The van der Waals surface area contributed by atoms with Crippen LogP contribution in [0.5, 0.6) is 5.75 Å². The lowest BCUT2D eigenvalue weighted by molar-refractivity contribution is -0.122. The summed E-state index contributed by atoms with van der Waals surface area (Å²) in [5.41, 5.74) is 6.23. The van der Waals surface area contributed by atoms with Gasteiger partial charge in [0.1, 0.15) is 11.6 Å². The summed E-state index contributed by atoms with van der Waals surface area (Å²) in [5, 5.41) is 8.72. The van der Waals surface area contributed by atoms with E-state index in [2.05, 4.69) is 57.2 Å². The predicted molar refractivity (Wildman–Crippen MR) is 137 cm³/mol. The molecule has 2 heterocycles. The second-order valence-electron chi connectivity index (χ2n) is 9.30. The van der Waals surface area contributed by atoms with Gasteiger partial charge < -0.3 is 10.1 Å². The molecule has 4 aromatic rings. The number of amides is 1. The maximum Gasteiger partial charge on any atom is 0.266 e. The summed E-state index contributed by atoms with van der Waals surface area (Å²) in [6.07, 6.45) is -0.680. The molecule has 0 radical (unpaired) electrons. The van der Waals surface area contributed by atoms with E-state index in [1.54, 1.807) is 11.6 Å². The fourth-order valence-corrected chi connectivity index (χ4v) is 4.24. The fourth-order valence-electron chi connectivity index (χ4n) is 4.24. The standard InChI is InChI=1S/C28H32N4O2/c1-16(2)22-10-8-9-11-24(22)34-21(7)28(33)30-26-15-20(6)31-32(26)25-14-18(4)23-13-17(3)12-19(5)27(23)29-25/h8-16,21H,1-7H3,(H,30,33). The number of fused-ring (bicyclic) bond motifs is 1. The molecule has 0 spiro atoms. The number of carbonyl (C=O) groups excluding carboxylic acids is 1. The van der Waals surface area contributed by atoms with E-state index in [4.69, 9.17) is 9.72 Å². The van der Waals surface area contributed by atoms with E-state index in [9.17, 15) is 4.79 Å². The first-order valence-electron chi connectivity index (χ1n) is 11.7. The number of aromatic nitrogens is 3. The largest absolute Gasteiger partial charge is 0.481 e. The number of anilines is 1. The Kier molecular flexibility index (Phi) is 6.42. The Morgan fingerprint density at radius 3 is 2.44 bits per heavy atom. The number of ether oxygens (including phenoxy) is 1. The van der Waals surface area contributed by atoms with Crippen molar-refractivity contribution < 1.29 is 9.53 Å². The van der Waals surface area contributed by atoms with Gasteiger partial charge in [-0.1, -0.05) is 43.7 Å². The highest BCUT2D eigenvalue weighted by Crippen LogP contribution is 2.28. The van der Waals surface area contributed by atoms with Crippen LogP contribution in [0.25, 0.3) is 16.7 Å². The molecular weight excluding hydrogens is 424 g/mol. The second-order valence-corrected chi connectivity index (χ2v) is 9.30. The van der Waals surface area contributed by atoms with Crippen LogP contribution in [0.3, 0.4) is 0 Å². The minimum absolute atomic E-state index is 0.246. The van der Waals surface area contributed by atoms with Gasteiger partial charge in [0.05, 0.1) is 11.2 Å². The molecule has 4 rings (SSSR count). The topological polar surface area (TPSA) is 69.0 Å². The highest BCUT2D eigenvalue weighted by Gasteiger charge is 2.20. The third-order valence-corrected chi connectivity index (χ3v) is 5.96. The number of rotatable bonds is 6. The summed E-state index contributed by atoms with van der Waals surface area (Å²) in [7, 11) is 0. The van der Waals surface area contributed by atoms with Crippen molar-refractivity contribution in [1.82, 2.24) is 14.8 Å². The number of carbonyl (C=O) groups is 1. The van der Waals surface area contributed by atoms with E-state index >= 15 is 0 Å². The maximum atomic E-state index is 13.1. The Balaban J connectivity index is 1.63. The number of nitrogens with zero attached hydrogens (tertiary/aromatic N) is 3. The molecule has 6 heteroatoms. The summed E-state index contributed by atoms with van der Waals surface area (Å²) in [6, 6.07) is 16.0. The number of hydrogen-bond acceptors (Lipinski definition) is 4. The van der Waals surface area contributed by atoms with Crippen molar-refractivity contribution in [2.75, 3.05) is 5.32 Å². The zero-order chi connectivity index (χ0) is 24.6. The van der Waals surface area contributed by atoms with Gasteiger partial charge in [0.25, 0.3) is 5.91 Å². The lowest BCUT2D eigenvalue weighted by Crippen LogP contribution is -2.31. The van der Waals surface area contributed by atoms with Gasteiger partial charge in [0, 0.05) is 11.5 Å². The van der Waals surface area contributed by atoms with Crippen LogP contribution in [0.4, 0.5) is 5.82 Å². The summed E-state index contributed by atoms with van der Waals surface area (Å²) >= 11 is 0. The van der Waals surface area contributed by atoms with E-state index in [1.165, 1.54) is 5.56 Å². The highest BCUT2D eigenvalue weighted by molar-refractivity contribution is 5.94. The Morgan fingerprint density at radius 2 is 1.71 bits per heavy atom. The Labute approximate surface area is 201 Å². The van der Waals surface area contributed by atoms with Crippen molar-refractivity contribution >= 4 is 22.6 Å². The zero-order valence-corrected chi connectivity index (χ0v) is 20.9. The molecule has 0 aliphatic heterocycles. The maximum absolute atomic E-state index is 13.1. The average molecular weight is 457 g/mol. The minimum Gasteiger partial charge on any atom is -0.481 e. The number of hydrogen-bond donors (Lipinski definition) is 1. The van der Waals surface area contributed by atoms with Gasteiger partial charge in [-0.2, -0.15) is 9.78 Å². The number of nitrogens with one attached hydrogen (secondary N) is 1. The normalized spacial score (nSPS) is 12.2. The molecular formula is C28H32N4O2. The summed E-state index contributed by atoms with van der Waals surface area (Å²) in [4.78, 5) is 18.0. The van der Waals surface area contributed by atoms with Gasteiger partial charge in [-0.15, -0.1) is 0 Å². The molecule has 0 aliphatic rings. The SMILES string of the molecule is Cc1cc(C)c2nc(-n3nc(C)cc3NC(=O)C(C)Oc3ccccc3C(C)C)cc(C)c2c1. The molecule has 0 fully saturated rings. The van der Waals surface area contributed by atoms with Crippen molar-refractivity contribution in [1.29, 1.82) is 0 Å². The van der Waals surface area contributed by atoms with Gasteiger partial charge in [-0.05, 0) is 75.4 Å². The van der Waals surface area contributed by atoms with Gasteiger partial charge in [0.2, 0.25) is 0 Å². The molecule has 34 heavy (non-hydrogen) atoms. The van der Waals surface area contributed by atoms with Crippen LogP contribution < -0.4 is 10.1 Å². The third-order valence-electron chi connectivity index (χ3n) is 5.96. The smallest absolute Gasteiger partial charge is 0.266 e. The highest BCUT2D eigenvalue weighted by atomic mass is 16.5. The molecule has 6 nitrogen and oxygen atoms in total. The van der Waals surface area contributed by atoms with Gasteiger partial charge >= 0.3 is 0 Å². The van der Waals surface area contributed by atoms with Crippen molar-refractivity contribution in [2.45, 2.75) is 60.5 Å². The Bertz CT molecular complexity index is 1370. The molecule has 2 aromatic heterocycles. The molecule has 2 aromatic carbocycles. The number of benzene rings is 2. The van der Waals surface area contributed by atoms with Crippen LogP contribution in [-0.4, -0.2) is 26.8 Å². The Hall–Kier alpha value is -3.67. The molecule has 0 bridgehead atoms. The quantitative estimate of drug-likeness (QED) is 0.376. The number of pyridine rings is 1. The summed E-state index contributed by atoms with van der Waals surface area (Å²) in [6.45, 7) is 14.1. The van der Waals surface area contributed by atoms with Crippen LogP contribution >= 0.6 is 0 Å². The number of para-hydroxylation sites is 1. The first-order valence-corrected chi connectivity index (χ1v) is 11.7. The summed E-state index contributed by atoms with van der Waals surface area (Å²) < 4.78 is 7.73. The van der Waals surface area contributed by atoms with Gasteiger partial charge in [0.15, 0.2) is 11.9 Å². The molecule has 0 saturated carbocycles. The van der Waals surface area contributed by atoms with E-state index in [-0.39, 0.29) is 5.91 Å². The monoisotopic (exact) mass is 456 g/mol. The molecule has 1 atom stereocenters. The zero-order valence-electron chi connectivity index (χ0n) is 20.9. The lowest BCUT2D eigenvalue weighted by Gasteiger charge is -2.19. The molecule has 1 amide bonds. The first-order chi connectivity index (χ1) is 16.1. The van der Waals surface area contributed by atoms with Crippen LogP contribution in [-0.2, 0) is 4.79 Å². The Morgan fingerprint density at radius 1 is 0.971 bits per heavy atom. The van der Waals surface area contributed by atoms with Gasteiger partial charge in [-0.3, -0.25) is 4.79 Å². The fraction of sp³-hybridized carbons (Fsp3) is 0.321. The second kappa shape index (κ2) is 9.29. The van der Waals surface area contributed by atoms with Crippen LogP contribution in [0.2, 0.25) is 0 Å². The van der Waals surface area contributed by atoms with Gasteiger partial charge in [-0.25, -0.2) is 4.98 Å². The van der Waals surface area contributed by atoms with E-state index < -0.39 is 6.10 Å². The lowest BCUT2D eigenvalue weighted by atomic mass is 10.0. The molecule has 1 N–H and O–H groups in total. The van der Waals surface area contributed by atoms with Crippen molar-refractivity contribution in [2.24, 2.45) is 0 Å². The third kappa shape index (κ3) is 4.67. The molecule has 0 aliphatic carbocycles. The van der Waals surface area contributed by atoms with Crippen molar-refractivity contribution in [3.8, 4) is 11.6 Å². The van der Waals surface area contributed by atoms with Crippen molar-refractivity contribution in [3.05, 3.63) is 76.5 Å². The average Bonchev–Trinajstić information content (AvgIpc) is 3.14. The number of aryl methyl sites for hydroxylation is 4. The van der Waals surface area contributed by atoms with Crippen LogP contribution in [0.1, 0.15) is 54.6 Å². The molecule has 176 valence electrons.